The number of hydrogen-bond donors (Lipinski definition) is 2. The lowest BCUT2D eigenvalue weighted by molar-refractivity contribution is 0.562. The summed E-state index contributed by atoms with van der Waals surface area (Å²) in [6.07, 6.45) is 7.30. The number of thiazole rings is 1. The van der Waals surface area contributed by atoms with Crippen molar-refractivity contribution in [1.29, 1.82) is 0 Å². The van der Waals surface area contributed by atoms with Crippen molar-refractivity contribution in [3.63, 3.8) is 0 Å². The molecule has 0 atom stereocenters. The van der Waals surface area contributed by atoms with E-state index in [2.05, 4.69) is 87.9 Å². The molecular formula is C27H32N4S. The molecule has 1 aliphatic rings. The molecule has 2 heterocycles. The minimum atomic E-state index is -0.00819. The Kier molecular flexibility index (Phi) is 5.49. The van der Waals surface area contributed by atoms with Crippen molar-refractivity contribution in [2.45, 2.75) is 51.9 Å². The lowest BCUT2D eigenvalue weighted by Gasteiger charge is -2.37. The Bertz CT molecular complexity index is 1210. The van der Waals surface area contributed by atoms with Gasteiger partial charge in [0.05, 0.1) is 10.6 Å². The predicted molar refractivity (Wildman–Crippen MR) is 138 cm³/mol. The maximum Gasteiger partial charge on any atom is 0.184 e. The molecule has 1 aliphatic carbocycles. The Morgan fingerprint density at radius 2 is 1.75 bits per heavy atom. The zero-order valence-electron chi connectivity index (χ0n) is 19.8. The number of nitrogen functional groups attached to an aromatic ring is 1. The average Bonchev–Trinajstić information content (AvgIpc) is 3.11. The van der Waals surface area contributed by atoms with Crippen LogP contribution in [-0.4, -0.2) is 17.0 Å². The standard InChI is InChI=1S/C27H32N4S/c1-16-12-20-21(27(5,6)11-10-26(20,3)4)14-19(16)17(2)22-9-8-18(15-30-22)13-23-24(28)31-25(29-7)32-23/h8-12,14-15H,2,13,28H2,1,3-7H3,(H,29,31). The Morgan fingerprint density at radius 1 is 1.09 bits per heavy atom. The fraction of sp³-hybridized carbons (Fsp3) is 0.333. The molecule has 0 saturated heterocycles. The number of aromatic nitrogens is 2. The summed E-state index contributed by atoms with van der Waals surface area (Å²) >= 11 is 1.58. The quantitative estimate of drug-likeness (QED) is 0.457. The smallest absolute Gasteiger partial charge is 0.184 e. The summed E-state index contributed by atoms with van der Waals surface area (Å²) in [5.41, 5.74) is 14.2. The second-order valence-corrected chi connectivity index (χ2v) is 10.9. The van der Waals surface area contributed by atoms with Gasteiger partial charge in [0, 0.05) is 36.1 Å². The summed E-state index contributed by atoms with van der Waals surface area (Å²) in [4.78, 5) is 10.1. The van der Waals surface area contributed by atoms with Crippen molar-refractivity contribution in [2.24, 2.45) is 0 Å². The number of nitrogens with zero attached hydrogens (tertiary/aromatic N) is 2. The molecule has 0 bridgehead atoms. The summed E-state index contributed by atoms with van der Waals surface area (Å²) in [5.74, 6) is 0.581. The minimum absolute atomic E-state index is 0.00819. The Hall–Kier alpha value is -2.92. The van der Waals surface area contributed by atoms with E-state index in [-0.39, 0.29) is 10.8 Å². The zero-order chi connectivity index (χ0) is 23.3. The Labute approximate surface area is 195 Å². The molecule has 166 valence electrons. The van der Waals surface area contributed by atoms with E-state index in [4.69, 9.17) is 10.7 Å². The largest absolute Gasteiger partial charge is 0.383 e. The molecule has 3 N–H and O–H groups in total. The number of benzene rings is 1. The number of aryl methyl sites for hydroxylation is 1. The molecule has 4 rings (SSSR count). The third-order valence-corrected chi connectivity index (χ3v) is 7.52. The molecule has 32 heavy (non-hydrogen) atoms. The third kappa shape index (κ3) is 3.97. The number of nitrogens with one attached hydrogen (secondary N) is 1. The van der Waals surface area contributed by atoms with Gasteiger partial charge in [-0.2, -0.15) is 0 Å². The number of rotatable bonds is 5. The normalized spacial score (nSPS) is 15.9. The monoisotopic (exact) mass is 444 g/mol. The molecule has 0 fully saturated rings. The fourth-order valence-electron chi connectivity index (χ4n) is 4.32. The molecule has 0 spiro atoms. The molecule has 3 aromatic rings. The van der Waals surface area contributed by atoms with Gasteiger partial charge in [0.2, 0.25) is 0 Å². The van der Waals surface area contributed by atoms with Crippen LogP contribution in [-0.2, 0) is 17.3 Å². The van der Waals surface area contributed by atoms with Crippen LogP contribution in [0.4, 0.5) is 10.9 Å². The highest BCUT2D eigenvalue weighted by molar-refractivity contribution is 7.16. The van der Waals surface area contributed by atoms with Gasteiger partial charge in [-0.25, -0.2) is 4.98 Å². The number of allylic oxidation sites excluding steroid dienone is 2. The summed E-state index contributed by atoms with van der Waals surface area (Å²) in [6.45, 7) is 15.7. The molecule has 5 heteroatoms. The van der Waals surface area contributed by atoms with E-state index in [1.165, 1.54) is 16.7 Å². The second-order valence-electron chi connectivity index (χ2n) is 9.77. The first kappa shape index (κ1) is 22.3. The summed E-state index contributed by atoms with van der Waals surface area (Å²) in [5, 5.41) is 3.88. The minimum Gasteiger partial charge on any atom is -0.383 e. The number of hydrogen-bond acceptors (Lipinski definition) is 5. The van der Waals surface area contributed by atoms with E-state index in [0.717, 1.165) is 38.8 Å². The van der Waals surface area contributed by atoms with Gasteiger partial charge in [-0.05, 0) is 46.9 Å². The van der Waals surface area contributed by atoms with Crippen molar-refractivity contribution in [3.8, 4) is 0 Å². The van der Waals surface area contributed by atoms with Crippen LogP contribution >= 0.6 is 11.3 Å². The summed E-state index contributed by atoms with van der Waals surface area (Å²) in [6, 6.07) is 8.82. The topological polar surface area (TPSA) is 63.8 Å². The van der Waals surface area contributed by atoms with Gasteiger partial charge in [0.1, 0.15) is 5.82 Å². The van der Waals surface area contributed by atoms with E-state index >= 15 is 0 Å². The molecule has 0 amide bonds. The number of nitrogens with two attached hydrogens (primary N) is 1. The van der Waals surface area contributed by atoms with Crippen LogP contribution in [0.2, 0.25) is 0 Å². The molecule has 0 radical (unpaired) electrons. The van der Waals surface area contributed by atoms with Gasteiger partial charge in [0.25, 0.3) is 0 Å². The number of fused-ring (bicyclic) bond motifs is 1. The molecule has 0 unspecified atom stereocenters. The van der Waals surface area contributed by atoms with E-state index in [9.17, 15) is 0 Å². The van der Waals surface area contributed by atoms with Gasteiger partial charge >= 0.3 is 0 Å². The highest BCUT2D eigenvalue weighted by atomic mass is 32.1. The third-order valence-electron chi connectivity index (χ3n) is 6.43. The maximum atomic E-state index is 6.05. The van der Waals surface area contributed by atoms with Crippen molar-refractivity contribution in [1.82, 2.24) is 9.97 Å². The van der Waals surface area contributed by atoms with E-state index < -0.39 is 0 Å². The number of pyridine rings is 1. The Morgan fingerprint density at radius 3 is 2.31 bits per heavy atom. The first-order valence-electron chi connectivity index (χ1n) is 11.0. The SMILES string of the molecule is C=C(c1ccc(Cc2sc(NC)nc2N)cn1)c1cc2c(cc1C)C(C)(C)C=CC2(C)C. The van der Waals surface area contributed by atoms with Crippen LogP contribution in [0.3, 0.4) is 0 Å². The van der Waals surface area contributed by atoms with Crippen LogP contribution in [0.1, 0.15) is 66.1 Å². The van der Waals surface area contributed by atoms with Crippen molar-refractivity contribution in [3.05, 3.63) is 87.6 Å². The van der Waals surface area contributed by atoms with Crippen LogP contribution in [0.25, 0.3) is 5.57 Å². The lowest BCUT2D eigenvalue weighted by Crippen LogP contribution is -2.29. The highest BCUT2D eigenvalue weighted by Gasteiger charge is 2.33. The molecule has 4 nitrogen and oxygen atoms in total. The zero-order valence-corrected chi connectivity index (χ0v) is 20.7. The maximum absolute atomic E-state index is 6.05. The highest BCUT2D eigenvalue weighted by Crippen LogP contribution is 2.43. The Balaban J connectivity index is 1.63. The fourth-order valence-corrected chi connectivity index (χ4v) is 5.19. The molecule has 0 aliphatic heterocycles. The van der Waals surface area contributed by atoms with Crippen LogP contribution in [0.5, 0.6) is 0 Å². The molecular weight excluding hydrogens is 412 g/mol. The van der Waals surface area contributed by atoms with Crippen LogP contribution in [0.15, 0.2) is 49.2 Å². The second kappa shape index (κ2) is 7.89. The van der Waals surface area contributed by atoms with Crippen molar-refractivity contribution in [2.75, 3.05) is 18.1 Å². The first-order valence-corrected chi connectivity index (χ1v) is 11.8. The first-order chi connectivity index (χ1) is 15.0. The van der Waals surface area contributed by atoms with Crippen molar-refractivity contribution >= 4 is 27.9 Å². The van der Waals surface area contributed by atoms with E-state index in [1.807, 2.05) is 13.2 Å². The van der Waals surface area contributed by atoms with Crippen LogP contribution in [0, 0.1) is 6.92 Å². The van der Waals surface area contributed by atoms with Crippen LogP contribution < -0.4 is 11.1 Å². The lowest BCUT2D eigenvalue weighted by atomic mass is 9.67. The molecule has 2 aromatic heterocycles. The van der Waals surface area contributed by atoms with Gasteiger partial charge in [-0.1, -0.05) is 69.9 Å². The predicted octanol–water partition coefficient (Wildman–Crippen LogP) is 6.25. The van der Waals surface area contributed by atoms with Crippen molar-refractivity contribution < 1.29 is 0 Å². The average molecular weight is 445 g/mol. The van der Waals surface area contributed by atoms with Gasteiger partial charge in [-0.3, -0.25) is 4.98 Å². The van der Waals surface area contributed by atoms with Gasteiger partial charge in [0.15, 0.2) is 5.13 Å². The van der Waals surface area contributed by atoms with Gasteiger partial charge in [-0.15, -0.1) is 0 Å². The molecule has 1 aromatic carbocycles. The van der Waals surface area contributed by atoms with E-state index in [0.29, 0.717) is 5.82 Å². The van der Waals surface area contributed by atoms with Gasteiger partial charge < -0.3 is 11.1 Å². The summed E-state index contributed by atoms with van der Waals surface area (Å²) in [7, 11) is 1.85. The number of anilines is 2. The summed E-state index contributed by atoms with van der Waals surface area (Å²) < 4.78 is 0. The molecule has 0 saturated carbocycles. The van der Waals surface area contributed by atoms with E-state index in [1.54, 1.807) is 11.3 Å².